The lowest BCUT2D eigenvalue weighted by Gasteiger charge is -2.27. The third-order valence-electron chi connectivity index (χ3n) is 1.56. The van der Waals surface area contributed by atoms with Crippen LogP contribution in [-0.4, -0.2) is 41.5 Å². The molecule has 0 saturated carbocycles. The maximum Gasteiger partial charge on any atom is 0.246 e. The summed E-state index contributed by atoms with van der Waals surface area (Å²) in [5.74, 6) is -0.618. The summed E-state index contributed by atoms with van der Waals surface area (Å²) >= 11 is 4.96. The van der Waals surface area contributed by atoms with Crippen LogP contribution >= 0.6 is 12.2 Å². The molecule has 6 heteroatoms. The minimum Gasteiger partial charge on any atom is -0.363 e. The lowest BCUT2D eigenvalue weighted by molar-refractivity contribution is -0.134. The first-order valence-electron chi connectivity index (χ1n) is 3.99. The molecule has 5 nitrogen and oxygen atoms in total. The smallest absolute Gasteiger partial charge is 0.246 e. The fraction of sp³-hybridized carbons (Fsp3) is 0.571. The maximum absolute atomic E-state index is 10.9. The van der Waals surface area contributed by atoms with E-state index in [9.17, 15) is 9.59 Å². The molecule has 0 radical (unpaired) electrons. The van der Waals surface area contributed by atoms with Crippen molar-refractivity contribution in [3.63, 3.8) is 0 Å². The van der Waals surface area contributed by atoms with E-state index in [-0.39, 0.29) is 24.9 Å². The summed E-state index contributed by atoms with van der Waals surface area (Å²) in [6.07, 6.45) is 0. The van der Waals surface area contributed by atoms with Gasteiger partial charge in [-0.1, -0.05) is 0 Å². The fourth-order valence-corrected chi connectivity index (χ4v) is 1.32. The van der Waals surface area contributed by atoms with Gasteiger partial charge in [-0.05, 0) is 19.1 Å². The highest BCUT2D eigenvalue weighted by molar-refractivity contribution is 7.80. The van der Waals surface area contributed by atoms with Crippen LogP contribution in [0.3, 0.4) is 0 Å². The molecule has 1 fully saturated rings. The van der Waals surface area contributed by atoms with E-state index in [4.69, 9.17) is 12.2 Å². The summed E-state index contributed by atoms with van der Waals surface area (Å²) < 4.78 is 0. The number of imide groups is 1. The Hall–Kier alpha value is -1.17. The Morgan fingerprint density at radius 1 is 1.54 bits per heavy atom. The lowest BCUT2D eigenvalue weighted by atomic mass is 10.3. The minimum atomic E-state index is -0.309. The van der Waals surface area contributed by atoms with Gasteiger partial charge < -0.3 is 10.2 Å². The molecule has 72 valence electrons. The van der Waals surface area contributed by atoms with Crippen molar-refractivity contribution in [3.05, 3.63) is 0 Å². The molecule has 1 saturated heterocycles. The van der Waals surface area contributed by atoms with Gasteiger partial charge in [-0.15, -0.1) is 0 Å². The van der Waals surface area contributed by atoms with Gasteiger partial charge in [-0.3, -0.25) is 14.9 Å². The van der Waals surface area contributed by atoms with Crippen molar-refractivity contribution in [3.8, 4) is 0 Å². The maximum atomic E-state index is 10.9. The van der Waals surface area contributed by atoms with Crippen LogP contribution in [0.5, 0.6) is 0 Å². The van der Waals surface area contributed by atoms with E-state index in [1.54, 1.807) is 4.90 Å². The van der Waals surface area contributed by atoms with Crippen molar-refractivity contribution in [1.29, 1.82) is 0 Å². The summed E-state index contributed by atoms with van der Waals surface area (Å²) in [6, 6.07) is 0. The van der Waals surface area contributed by atoms with Gasteiger partial charge in [0.15, 0.2) is 5.11 Å². The Balaban J connectivity index is 2.54. The average molecular weight is 201 g/mol. The second-order valence-corrected chi connectivity index (χ2v) is 3.05. The Labute approximate surface area is 81.5 Å². The van der Waals surface area contributed by atoms with Gasteiger partial charge in [0.05, 0.1) is 13.1 Å². The molecule has 13 heavy (non-hydrogen) atoms. The number of hydrogen-bond donors (Lipinski definition) is 2. The van der Waals surface area contributed by atoms with E-state index >= 15 is 0 Å². The Bertz CT molecular complexity index is 238. The molecule has 0 aromatic carbocycles. The van der Waals surface area contributed by atoms with Gasteiger partial charge in [-0.25, -0.2) is 0 Å². The minimum absolute atomic E-state index is 0.150. The van der Waals surface area contributed by atoms with E-state index in [0.29, 0.717) is 11.7 Å². The van der Waals surface area contributed by atoms with Crippen molar-refractivity contribution < 1.29 is 9.59 Å². The molecule has 1 aliphatic heterocycles. The van der Waals surface area contributed by atoms with Gasteiger partial charge in [0, 0.05) is 6.54 Å². The van der Waals surface area contributed by atoms with Crippen LogP contribution in [0.15, 0.2) is 0 Å². The molecule has 0 unspecified atom stereocenters. The zero-order valence-electron chi connectivity index (χ0n) is 7.29. The number of thiocarbonyl (C=S) groups is 1. The van der Waals surface area contributed by atoms with E-state index in [1.807, 2.05) is 6.92 Å². The second kappa shape index (κ2) is 4.18. The Morgan fingerprint density at radius 3 is 2.54 bits per heavy atom. The van der Waals surface area contributed by atoms with E-state index in [0.717, 1.165) is 0 Å². The van der Waals surface area contributed by atoms with Crippen molar-refractivity contribution in [2.45, 2.75) is 6.92 Å². The molecular formula is C7H11N3O2S. The zero-order valence-corrected chi connectivity index (χ0v) is 8.11. The Kier molecular flexibility index (Phi) is 3.18. The summed E-state index contributed by atoms with van der Waals surface area (Å²) in [5.41, 5.74) is 0. The molecule has 1 rings (SSSR count). The van der Waals surface area contributed by atoms with Gasteiger partial charge in [0.1, 0.15) is 0 Å². The van der Waals surface area contributed by atoms with Gasteiger partial charge in [0.25, 0.3) is 0 Å². The number of carbonyl (C=O) groups excluding carboxylic acids is 2. The highest BCUT2D eigenvalue weighted by Gasteiger charge is 2.23. The highest BCUT2D eigenvalue weighted by atomic mass is 32.1. The van der Waals surface area contributed by atoms with Crippen molar-refractivity contribution >= 4 is 29.1 Å². The summed E-state index contributed by atoms with van der Waals surface area (Å²) in [5, 5.41) is 5.53. The van der Waals surface area contributed by atoms with Crippen LogP contribution in [0.25, 0.3) is 0 Å². The SMILES string of the molecule is CCNC(=S)N1CC(=O)NC(=O)C1. The van der Waals surface area contributed by atoms with Crippen LogP contribution in [-0.2, 0) is 9.59 Å². The monoisotopic (exact) mass is 201 g/mol. The molecule has 1 aliphatic rings. The quantitative estimate of drug-likeness (QED) is 0.414. The number of rotatable bonds is 1. The van der Waals surface area contributed by atoms with Crippen LogP contribution in [0, 0.1) is 0 Å². The van der Waals surface area contributed by atoms with Gasteiger partial charge in [-0.2, -0.15) is 0 Å². The number of amides is 2. The van der Waals surface area contributed by atoms with Crippen molar-refractivity contribution in [1.82, 2.24) is 15.5 Å². The van der Waals surface area contributed by atoms with Crippen LogP contribution in [0.1, 0.15) is 6.92 Å². The Morgan fingerprint density at radius 2 is 2.08 bits per heavy atom. The number of carbonyl (C=O) groups is 2. The van der Waals surface area contributed by atoms with Gasteiger partial charge >= 0.3 is 0 Å². The third kappa shape index (κ3) is 2.66. The predicted octanol–water partition coefficient (Wildman–Crippen LogP) is -1.16. The molecule has 1 heterocycles. The van der Waals surface area contributed by atoms with Crippen molar-refractivity contribution in [2.24, 2.45) is 0 Å². The predicted molar refractivity (Wildman–Crippen MR) is 51.0 cm³/mol. The molecule has 0 aromatic heterocycles. The van der Waals surface area contributed by atoms with Gasteiger partial charge in [0.2, 0.25) is 11.8 Å². The standard InChI is InChI=1S/C7H11N3O2S/c1-2-8-7(13)10-3-5(11)9-6(12)4-10/h2-4H2,1H3,(H,8,13)(H,9,11,12). The lowest BCUT2D eigenvalue weighted by Crippen LogP contribution is -2.55. The number of nitrogens with zero attached hydrogens (tertiary/aromatic N) is 1. The topological polar surface area (TPSA) is 61.4 Å². The van der Waals surface area contributed by atoms with Crippen molar-refractivity contribution in [2.75, 3.05) is 19.6 Å². The average Bonchev–Trinajstić information content (AvgIpc) is 2.03. The normalized spacial score (nSPS) is 16.8. The fourth-order valence-electron chi connectivity index (χ4n) is 1.04. The molecule has 0 atom stereocenters. The largest absolute Gasteiger partial charge is 0.363 e. The summed E-state index contributed by atoms with van der Waals surface area (Å²) in [6.45, 7) is 2.89. The molecule has 2 amide bonds. The summed E-state index contributed by atoms with van der Waals surface area (Å²) in [7, 11) is 0. The van der Waals surface area contributed by atoms with E-state index in [1.165, 1.54) is 0 Å². The van der Waals surface area contributed by atoms with Crippen LogP contribution in [0.4, 0.5) is 0 Å². The zero-order chi connectivity index (χ0) is 9.84. The molecular weight excluding hydrogens is 190 g/mol. The first kappa shape index (κ1) is 9.91. The molecule has 0 aliphatic carbocycles. The number of nitrogens with one attached hydrogen (secondary N) is 2. The highest BCUT2D eigenvalue weighted by Crippen LogP contribution is 1.95. The molecule has 2 N–H and O–H groups in total. The van der Waals surface area contributed by atoms with E-state index < -0.39 is 0 Å². The first-order valence-corrected chi connectivity index (χ1v) is 4.39. The molecule has 0 aromatic rings. The first-order chi connectivity index (χ1) is 6.13. The number of hydrogen-bond acceptors (Lipinski definition) is 3. The van der Waals surface area contributed by atoms with Crippen LogP contribution < -0.4 is 10.6 Å². The second-order valence-electron chi connectivity index (χ2n) is 2.66. The van der Waals surface area contributed by atoms with E-state index in [2.05, 4.69) is 10.6 Å². The summed E-state index contributed by atoms with van der Waals surface area (Å²) in [4.78, 5) is 23.4. The third-order valence-corrected chi connectivity index (χ3v) is 1.97. The van der Waals surface area contributed by atoms with Crippen LogP contribution in [0.2, 0.25) is 0 Å². The molecule has 0 bridgehead atoms. The molecule has 0 spiro atoms. The number of piperazine rings is 1.